The summed E-state index contributed by atoms with van der Waals surface area (Å²) in [5.41, 5.74) is 0. The molecule has 0 aromatic carbocycles. The molecule has 0 atom stereocenters. The molecule has 1 aliphatic rings. The molecule has 2 heterocycles. The molecule has 0 unspecified atom stereocenters. The Bertz CT molecular complexity index is 512. The third kappa shape index (κ3) is 2.59. The first-order chi connectivity index (χ1) is 7.47. The van der Waals surface area contributed by atoms with Crippen molar-refractivity contribution in [1.82, 2.24) is 14.5 Å². The van der Waals surface area contributed by atoms with Crippen LogP contribution in [0.3, 0.4) is 0 Å². The summed E-state index contributed by atoms with van der Waals surface area (Å²) < 4.78 is 24.7. The van der Waals surface area contributed by atoms with Crippen molar-refractivity contribution >= 4 is 38.7 Å². The molecular weight excluding hydrogens is 268 g/mol. The van der Waals surface area contributed by atoms with Gasteiger partial charge in [0.1, 0.15) is 0 Å². The number of nitrogens with zero attached hydrogens (tertiary/aromatic N) is 3. The summed E-state index contributed by atoms with van der Waals surface area (Å²) in [6.45, 7) is 2.32. The van der Waals surface area contributed by atoms with Gasteiger partial charge in [-0.15, -0.1) is 5.10 Å². The molecule has 1 aromatic heterocycles. The van der Waals surface area contributed by atoms with E-state index in [4.69, 9.17) is 12.2 Å². The summed E-state index contributed by atoms with van der Waals surface area (Å²) in [5.74, 6) is 0. The van der Waals surface area contributed by atoms with Crippen LogP contribution in [0, 0.1) is 3.95 Å². The molecule has 1 saturated heterocycles. The van der Waals surface area contributed by atoms with E-state index in [1.165, 1.54) is 21.9 Å². The van der Waals surface area contributed by atoms with E-state index in [0.717, 1.165) is 5.13 Å². The van der Waals surface area contributed by atoms with Gasteiger partial charge in [0.15, 0.2) is 3.95 Å². The Balaban J connectivity index is 2.03. The lowest BCUT2D eigenvalue weighted by molar-refractivity contribution is 0.387. The molecule has 0 bridgehead atoms. The van der Waals surface area contributed by atoms with Crippen molar-refractivity contribution < 1.29 is 8.42 Å². The third-order valence-electron chi connectivity index (χ3n) is 2.40. The number of nitrogens with one attached hydrogen (secondary N) is 1. The monoisotopic (exact) mass is 280 g/mol. The molecule has 6 nitrogen and oxygen atoms in total. The number of hydrogen-bond acceptors (Lipinski definition) is 6. The molecule has 90 valence electrons. The minimum Gasteiger partial charge on any atom is -0.344 e. The number of rotatable bonds is 2. The zero-order valence-electron chi connectivity index (χ0n) is 8.71. The summed E-state index contributed by atoms with van der Waals surface area (Å²) >= 11 is 6.36. The second-order valence-corrected chi connectivity index (χ2v) is 7.17. The molecule has 1 aromatic rings. The highest BCUT2D eigenvalue weighted by molar-refractivity contribution is 7.88. The average molecular weight is 280 g/mol. The molecule has 0 spiro atoms. The smallest absolute Gasteiger partial charge is 0.211 e. The molecule has 0 amide bonds. The number of sulfonamides is 1. The highest BCUT2D eigenvalue weighted by Crippen LogP contribution is 2.19. The van der Waals surface area contributed by atoms with E-state index in [1.807, 2.05) is 4.90 Å². The van der Waals surface area contributed by atoms with Crippen LogP contribution in [0.5, 0.6) is 0 Å². The SMILES string of the molecule is CS(=O)(=O)N1CCN(c2n[nH]c(=S)s2)CC1. The van der Waals surface area contributed by atoms with E-state index in [9.17, 15) is 8.42 Å². The van der Waals surface area contributed by atoms with Gasteiger partial charge in [-0.3, -0.25) is 5.10 Å². The van der Waals surface area contributed by atoms with Crippen molar-refractivity contribution in [2.75, 3.05) is 37.3 Å². The van der Waals surface area contributed by atoms with Crippen molar-refractivity contribution in [1.29, 1.82) is 0 Å². The maximum absolute atomic E-state index is 11.3. The lowest BCUT2D eigenvalue weighted by Crippen LogP contribution is -2.48. The molecule has 16 heavy (non-hydrogen) atoms. The van der Waals surface area contributed by atoms with Crippen molar-refractivity contribution in [2.45, 2.75) is 0 Å². The minimum absolute atomic E-state index is 0.505. The molecule has 1 N–H and O–H groups in total. The first kappa shape index (κ1) is 12.0. The highest BCUT2D eigenvalue weighted by atomic mass is 32.2. The van der Waals surface area contributed by atoms with Crippen LogP contribution in [0.4, 0.5) is 5.13 Å². The van der Waals surface area contributed by atoms with Gasteiger partial charge in [-0.2, -0.15) is 4.31 Å². The summed E-state index contributed by atoms with van der Waals surface area (Å²) in [6.07, 6.45) is 1.24. The van der Waals surface area contributed by atoms with Crippen LogP contribution in [-0.2, 0) is 10.0 Å². The van der Waals surface area contributed by atoms with Gasteiger partial charge in [0.05, 0.1) is 6.26 Å². The minimum atomic E-state index is -3.07. The lowest BCUT2D eigenvalue weighted by atomic mass is 10.4. The second-order valence-electron chi connectivity index (χ2n) is 3.54. The van der Waals surface area contributed by atoms with Crippen molar-refractivity contribution in [3.05, 3.63) is 3.95 Å². The van der Waals surface area contributed by atoms with Crippen molar-refractivity contribution in [2.24, 2.45) is 0 Å². The van der Waals surface area contributed by atoms with Crippen molar-refractivity contribution in [3.8, 4) is 0 Å². The lowest BCUT2D eigenvalue weighted by Gasteiger charge is -2.32. The Hall–Kier alpha value is -0.510. The Morgan fingerprint density at radius 3 is 2.44 bits per heavy atom. The molecule has 0 aliphatic carbocycles. The van der Waals surface area contributed by atoms with E-state index in [2.05, 4.69) is 10.2 Å². The molecule has 9 heteroatoms. The van der Waals surface area contributed by atoms with Crippen LogP contribution >= 0.6 is 23.6 Å². The predicted octanol–water partition coefficient (Wildman–Crippen LogP) is 0.282. The molecule has 1 aliphatic heterocycles. The van der Waals surface area contributed by atoms with Crippen LogP contribution in [0.25, 0.3) is 0 Å². The van der Waals surface area contributed by atoms with Gasteiger partial charge >= 0.3 is 0 Å². The number of hydrogen-bond donors (Lipinski definition) is 1. The number of anilines is 1. The van der Waals surface area contributed by atoms with Gasteiger partial charge in [0, 0.05) is 26.2 Å². The summed E-state index contributed by atoms with van der Waals surface area (Å²) in [4.78, 5) is 2.04. The Morgan fingerprint density at radius 2 is 2.00 bits per heavy atom. The quantitative estimate of drug-likeness (QED) is 0.788. The molecule has 2 rings (SSSR count). The largest absolute Gasteiger partial charge is 0.344 e. The van der Waals surface area contributed by atoms with Crippen LogP contribution in [-0.4, -0.2) is 55.4 Å². The van der Waals surface area contributed by atoms with Gasteiger partial charge in [-0.25, -0.2) is 8.42 Å². The van der Waals surface area contributed by atoms with Gasteiger partial charge < -0.3 is 4.90 Å². The molecular formula is C7H12N4O2S3. The molecule has 1 fully saturated rings. The van der Waals surface area contributed by atoms with E-state index >= 15 is 0 Å². The maximum atomic E-state index is 11.3. The van der Waals surface area contributed by atoms with Gasteiger partial charge in [0.25, 0.3) is 0 Å². The standard InChI is InChI=1S/C7H12N4O2S3/c1-16(12,13)11-4-2-10(3-5-11)6-8-9-7(14)15-6/h2-5H2,1H3,(H,9,14). The number of aromatic amines is 1. The van der Waals surface area contributed by atoms with Crippen LogP contribution in [0.15, 0.2) is 0 Å². The summed E-state index contributed by atoms with van der Waals surface area (Å²) in [7, 11) is -3.07. The zero-order valence-corrected chi connectivity index (χ0v) is 11.2. The Kier molecular flexibility index (Phi) is 3.29. The Labute approximate surface area is 103 Å². The fraction of sp³-hybridized carbons (Fsp3) is 0.714. The summed E-state index contributed by atoms with van der Waals surface area (Å²) in [5, 5.41) is 7.62. The fourth-order valence-corrected chi connectivity index (χ4v) is 3.32. The van der Waals surface area contributed by atoms with Gasteiger partial charge in [0.2, 0.25) is 15.2 Å². The highest BCUT2D eigenvalue weighted by Gasteiger charge is 2.24. The maximum Gasteiger partial charge on any atom is 0.211 e. The molecule has 0 saturated carbocycles. The van der Waals surface area contributed by atoms with E-state index in [-0.39, 0.29) is 0 Å². The van der Waals surface area contributed by atoms with Crippen molar-refractivity contribution in [3.63, 3.8) is 0 Å². The number of piperazine rings is 1. The van der Waals surface area contributed by atoms with Crippen LogP contribution < -0.4 is 4.90 Å². The van der Waals surface area contributed by atoms with Crippen LogP contribution in [0.2, 0.25) is 0 Å². The first-order valence-electron chi connectivity index (χ1n) is 4.72. The number of aromatic nitrogens is 2. The molecule has 0 radical (unpaired) electrons. The first-order valence-corrected chi connectivity index (χ1v) is 7.80. The van der Waals surface area contributed by atoms with Gasteiger partial charge in [-0.1, -0.05) is 11.3 Å². The Morgan fingerprint density at radius 1 is 1.38 bits per heavy atom. The van der Waals surface area contributed by atoms with E-state index in [0.29, 0.717) is 30.1 Å². The number of H-pyrrole nitrogens is 1. The predicted molar refractivity (Wildman–Crippen MR) is 65.9 cm³/mol. The van der Waals surface area contributed by atoms with Gasteiger partial charge in [-0.05, 0) is 12.2 Å². The third-order valence-corrected chi connectivity index (χ3v) is 4.86. The summed E-state index contributed by atoms with van der Waals surface area (Å²) in [6, 6.07) is 0. The normalized spacial score (nSPS) is 18.9. The fourth-order valence-electron chi connectivity index (χ4n) is 1.57. The zero-order chi connectivity index (χ0) is 11.8. The van der Waals surface area contributed by atoms with Crippen LogP contribution in [0.1, 0.15) is 0 Å². The second kappa shape index (κ2) is 4.40. The average Bonchev–Trinajstić information content (AvgIpc) is 2.64. The topological polar surface area (TPSA) is 69.3 Å². The van der Waals surface area contributed by atoms with E-state index in [1.54, 1.807) is 0 Å². The van der Waals surface area contributed by atoms with E-state index < -0.39 is 10.0 Å².